The van der Waals surface area contributed by atoms with Gasteiger partial charge in [0.1, 0.15) is 12.4 Å². The summed E-state index contributed by atoms with van der Waals surface area (Å²) in [6.45, 7) is 11.7. The number of rotatable bonds is 10. The number of ether oxygens (including phenoxy) is 1. The number of nitrogens with zero attached hydrogens (tertiary/aromatic N) is 1. The maximum Gasteiger partial charge on any atom is 0.123 e. The van der Waals surface area contributed by atoms with Crippen LogP contribution in [0.15, 0.2) is 36.9 Å². The number of hydrogen-bond donors (Lipinski definition) is 1. The normalized spacial score (nSPS) is 14.7. The van der Waals surface area contributed by atoms with Crippen molar-refractivity contribution in [1.29, 1.82) is 0 Å². The number of hydrogen-bond acceptors (Lipinski definition) is 3. The highest BCUT2D eigenvalue weighted by Gasteiger charge is 2.20. The molecule has 1 saturated carbocycles. The van der Waals surface area contributed by atoms with Gasteiger partial charge in [0, 0.05) is 37.3 Å². The van der Waals surface area contributed by atoms with Gasteiger partial charge in [-0.3, -0.25) is 4.90 Å². The van der Waals surface area contributed by atoms with Crippen LogP contribution in [-0.4, -0.2) is 36.7 Å². The van der Waals surface area contributed by atoms with Gasteiger partial charge in [-0.15, -0.1) is 6.58 Å². The molecule has 0 spiro atoms. The molecule has 1 aliphatic carbocycles. The van der Waals surface area contributed by atoms with E-state index >= 15 is 0 Å². The first-order valence-corrected chi connectivity index (χ1v) is 7.99. The van der Waals surface area contributed by atoms with Crippen LogP contribution in [-0.2, 0) is 6.54 Å². The smallest absolute Gasteiger partial charge is 0.123 e. The van der Waals surface area contributed by atoms with E-state index in [4.69, 9.17) is 4.74 Å². The number of benzene rings is 1. The zero-order valence-corrected chi connectivity index (χ0v) is 13.3. The van der Waals surface area contributed by atoms with Crippen LogP contribution in [0.5, 0.6) is 5.75 Å². The molecule has 0 unspecified atom stereocenters. The molecule has 1 fully saturated rings. The van der Waals surface area contributed by atoms with Crippen LogP contribution in [0.25, 0.3) is 0 Å². The molecule has 0 amide bonds. The van der Waals surface area contributed by atoms with Gasteiger partial charge in [-0.25, -0.2) is 0 Å². The summed E-state index contributed by atoms with van der Waals surface area (Å²) in [5, 5.41) is 3.55. The van der Waals surface area contributed by atoms with Crippen LogP contribution in [0, 0.1) is 0 Å². The van der Waals surface area contributed by atoms with Gasteiger partial charge in [-0.2, -0.15) is 0 Å². The minimum absolute atomic E-state index is 0.512. The molecule has 0 aromatic heterocycles. The lowest BCUT2D eigenvalue weighted by Gasteiger charge is -2.25. The molecule has 0 atom stereocenters. The van der Waals surface area contributed by atoms with Crippen molar-refractivity contribution in [3.8, 4) is 5.75 Å². The predicted octanol–water partition coefficient (Wildman–Crippen LogP) is 3.21. The molecule has 0 aliphatic heterocycles. The van der Waals surface area contributed by atoms with E-state index in [9.17, 15) is 0 Å². The second kappa shape index (κ2) is 8.20. The first kappa shape index (κ1) is 16.1. The molecule has 116 valence electrons. The van der Waals surface area contributed by atoms with E-state index in [1.54, 1.807) is 0 Å². The highest BCUT2D eigenvalue weighted by atomic mass is 16.5. The third-order valence-corrected chi connectivity index (χ3v) is 3.86. The third-order valence-electron chi connectivity index (χ3n) is 3.86. The van der Waals surface area contributed by atoms with E-state index in [2.05, 4.69) is 48.8 Å². The van der Waals surface area contributed by atoms with E-state index < -0.39 is 0 Å². The van der Waals surface area contributed by atoms with Gasteiger partial charge in [-0.05, 0) is 32.8 Å². The van der Waals surface area contributed by atoms with E-state index in [0.717, 1.165) is 31.4 Å². The van der Waals surface area contributed by atoms with Crippen molar-refractivity contribution in [2.75, 3.05) is 19.7 Å². The molecule has 1 N–H and O–H groups in total. The van der Waals surface area contributed by atoms with Gasteiger partial charge < -0.3 is 10.1 Å². The summed E-state index contributed by atoms with van der Waals surface area (Å²) in [5.41, 5.74) is 1.25. The fourth-order valence-electron chi connectivity index (χ4n) is 2.33. The summed E-state index contributed by atoms with van der Waals surface area (Å²) in [6, 6.07) is 9.57. The fourth-order valence-corrected chi connectivity index (χ4v) is 2.33. The SMILES string of the molecule is C=CCN(CCOc1ccccc1CNC1CC1)C(C)C. The van der Waals surface area contributed by atoms with Crippen molar-refractivity contribution in [1.82, 2.24) is 10.2 Å². The molecular formula is C18H28N2O. The molecule has 0 radical (unpaired) electrons. The van der Waals surface area contributed by atoms with Crippen LogP contribution in [0.1, 0.15) is 32.3 Å². The Hall–Kier alpha value is -1.32. The van der Waals surface area contributed by atoms with E-state index in [1.165, 1.54) is 18.4 Å². The average molecular weight is 288 g/mol. The quantitative estimate of drug-likeness (QED) is 0.669. The Kier molecular flexibility index (Phi) is 6.27. The minimum atomic E-state index is 0.512. The van der Waals surface area contributed by atoms with E-state index in [1.807, 2.05) is 12.1 Å². The molecular weight excluding hydrogens is 260 g/mol. The molecule has 2 rings (SSSR count). The molecule has 3 nitrogen and oxygen atoms in total. The summed E-state index contributed by atoms with van der Waals surface area (Å²) in [6.07, 6.45) is 4.58. The zero-order valence-electron chi connectivity index (χ0n) is 13.3. The standard InChI is InChI=1S/C18H28N2O/c1-4-11-20(15(2)3)12-13-21-18-8-6-5-7-16(18)14-19-17-9-10-17/h4-8,15,17,19H,1,9-14H2,2-3H3. The third kappa shape index (κ3) is 5.52. The molecule has 0 heterocycles. The Bertz CT molecular complexity index is 441. The van der Waals surface area contributed by atoms with Crippen molar-refractivity contribution in [3.05, 3.63) is 42.5 Å². The molecule has 3 heteroatoms. The summed E-state index contributed by atoms with van der Waals surface area (Å²) in [4.78, 5) is 2.36. The average Bonchev–Trinajstić information content (AvgIpc) is 3.29. The van der Waals surface area contributed by atoms with Gasteiger partial charge in [-0.1, -0.05) is 24.3 Å². The Balaban J connectivity index is 1.82. The fraction of sp³-hybridized carbons (Fsp3) is 0.556. The Morgan fingerprint density at radius 3 is 2.81 bits per heavy atom. The number of para-hydroxylation sites is 1. The largest absolute Gasteiger partial charge is 0.492 e. The lowest BCUT2D eigenvalue weighted by atomic mass is 10.2. The van der Waals surface area contributed by atoms with Gasteiger partial charge in [0.25, 0.3) is 0 Å². The lowest BCUT2D eigenvalue weighted by molar-refractivity contribution is 0.190. The highest BCUT2D eigenvalue weighted by molar-refractivity contribution is 5.33. The molecule has 0 saturated heterocycles. The van der Waals surface area contributed by atoms with Crippen molar-refractivity contribution < 1.29 is 4.74 Å². The predicted molar refractivity (Wildman–Crippen MR) is 88.7 cm³/mol. The second-order valence-electron chi connectivity index (χ2n) is 5.99. The van der Waals surface area contributed by atoms with Crippen molar-refractivity contribution in [2.45, 2.75) is 45.3 Å². The van der Waals surface area contributed by atoms with Gasteiger partial charge in [0.05, 0.1) is 0 Å². The first-order chi connectivity index (χ1) is 10.2. The van der Waals surface area contributed by atoms with Crippen LogP contribution in [0.3, 0.4) is 0 Å². The Morgan fingerprint density at radius 2 is 2.14 bits per heavy atom. The Labute approximate surface area is 129 Å². The topological polar surface area (TPSA) is 24.5 Å². The van der Waals surface area contributed by atoms with Crippen LogP contribution in [0.2, 0.25) is 0 Å². The lowest BCUT2D eigenvalue weighted by Crippen LogP contribution is -2.34. The molecule has 1 aromatic carbocycles. The minimum Gasteiger partial charge on any atom is -0.492 e. The number of nitrogens with one attached hydrogen (secondary N) is 1. The summed E-state index contributed by atoms with van der Waals surface area (Å²) < 4.78 is 6.00. The molecule has 0 bridgehead atoms. The summed E-state index contributed by atoms with van der Waals surface area (Å²) in [7, 11) is 0. The van der Waals surface area contributed by atoms with Crippen LogP contribution >= 0.6 is 0 Å². The Morgan fingerprint density at radius 1 is 1.38 bits per heavy atom. The van der Waals surface area contributed by atoms with E-state index in [-0.39, 0.29) is 0 Å². The summed E-state index contributed by atoms with van der Waals surface area (Å²) >= 11 is 0. The van der Waals surface area contributed by atoms with Crippen molar-refractivity contribution in [2.24, 2.45) is 0 Å². The van der Waals surface area contributed by atoms with Gasteiger partial charge >= 0.3 is 0 Å². The maximum atomic E-state index is 6.00. The molecule has 1 aliphatic rings. The van der Waals surface area contributed by atoms with Gasteiger partial charge in [0.15, 0.2) is 0 Å². The monoisotopic (exact) mass is 288 g/mol. The first-order valence-electron chi connectivity index (χ1n) is 7.99. The molecule has 21 heavy (non-hydrogen) atoms. The maximum absolute atomic E-state index is 6.00. The van der Waals surface area contributed by atoms with Crippen molar-refractivity contribution >= 4 is 0 Å². The van der Waals surface area contributed by atoms with Gasteiger partial charge in [0.2, 0.25) is 0 Å². The van der Waals surface area contributed by atoms with Crippen LogP contribution < -0.4 is 10.1 Å². The molecule has 1 aromatic rings. The summed E-state index contributed by atoms with van der Waals surface area (Å²) in [5.74, 6) is 1.01. The van der Waals surface area contributed by atoms with E-state index in [0.29, 0.717) is 12.6 Å². The zero-order chi connectivity index (χ0) is 15.1. The second-order valence-corrected chi connectivity index (χ2v) is 5.99. The van der Waals surface area contributed by atoms with Crippen LogP contribution in [0.4, 0.5) is 0 Å². The highest BCUT2D eigenvalue weighted by Crippen LogP contribution is 2.22. The van der Waals surface area contributed by atoms with Crippen molar-refractivity contribution in [3.63, 3.8) is 0 Å².